The van der Waals surface area contributed by atoms with Crippen molar-refractivity contribution in [1.82, 2.24) is 14.9 Å². The summed E-state index contributed by atoms with van der Waals surface area (Å²) < 4.78 is 1.34. The SMILES string of the molecule is CCNC(=O)c1ccc(NC(=O)n2ccnc2)c(C)c1. The van der Waals surface area contributed by atoms with Crippen molar-refractivity contribution in [3.8, 4) is 0 Å². The topological polar surface area (TPSA) is 76.0 Å². The van der Waals surface area contributed by atoms with E-state index in [2.05, 4.69) is 15.6 Å². The summed E-state index contributed by atoms with van der Waals surface area (Å²) >= 11 is 0. The molecule has 2 aromatic rings. The quantitative estimate of drug-likeness (QED) is 0.897. The van der Waals surface area contributed by atoms with Gasteiger partial charge in [-0.1, -0.05) is 0 Å². The number of carbonyl (C=O) groups is 2. The van der Waals surface area contributed by atoms with Gasteiger partial charge in [-0.25, -0.2) is 9.78 Å². The third kappa shape index (κ3) is 3.03. The Balaban J connectivity index is 2.14. The highest BCUT2D eigenvalue weighted by atomic mass is 16.2. The van der Waals surface area contributed by atoms with Gasteiger partial charge < -0.3 is 10.6 Å². The Kier molecular flexibility index (Phi) is 4.14. The van der Waals surface area contributed by atoms with E-state index in [9.17, 15) is 9.59 Å². The van der Waals surface area contributed by atoms with E-state index in [-0.39, 0.29) is 11.9 Å². The van der Waals surface area contributed by atoms with Gasteiger partial charge in [-0.15, -0.1) is 0 Å². The van der Waals surface area contributed by atoms with Crippen molar-refractivity contribution in [2.75, 3.05) is 11.9 Å². The third-order valence-corrected chi connectivity index (χ3v) is 2.81. The van der Waals surface area contributed by atoms with E-state index < -0.39 is 0 Å². The second-order valence-electron chi connectivity index (χ2n) is 4.29. The summed E-state index contributed by atoms with van der Waals surface area (Å²) in [5.41, 5.74) is 2.06. The van der Waals surface area contributed by atoms with Crippen LogP contribution in [0.15, 0.2) is 36.9 Å². The van der Waals surface area contributed by atoms with Gasteiger partial charge in [0, 0.05) is 30.2 Å². The van der Waals surface area contributed by atoms with Crippen LogP contribution in [0, 0.1) is 6.92 Å². The lowest BCUT2D eigenvalue weighted by Crippen LogP contribution is -2.23. The zero-order valence-corrected chi connectivity index (χ0v) is 11.4. The molecule has 2 N–H and O–H groups in total. The number of amides is 2. The lowest BCUT2D eigenvalue weighted by atomic mass is 10.1. The predicted octanol–water partition coefficient (Wildman–Crippen LogP) is 2.02. The highest BCUT2D eigenvalue weighted by Gasteiger charge is 2.09. The molecule has 6 nitrogen and oxygen atoms in total. The van der Waals surface area contributed by atoms with E-state index >= 15 is 0 Å². The molecule has 0 spiro atoms. The molecule has 0 aliphatic heterocycles. The number of benzene rings is 1. The summed E-state index contributed by atoms with van der Waals surface area (Å²) in [5.74, 6) is -0.122. The summed E-state index contributed by atoms with van der Waals surface area (Å²) in [6.45, 7) is 4.29. The largest absolute Gasteiger partial charge is 0.352 e. The summed E-state index contributed by atoms with van der Waals surface area (Å²) in [4.78, 5) is 27.4. The van der Waals surface area contributed by atoms with Crippen LogP contribution in [0.2, 0.25) is 0 Å². The molecule has 0 fully saturated rings. The van der Waals surface area contributed by atoms with Gasteiger partial charge in [0.05, 0.1) is 0 Å². The van der Waals surface area contributed by atoms with Crippen molar-refractivity contribution in [3.63, 3.8) is 0 Å². The molecule has 2 rings (SSSR count). The Bertz CT molecular complexity index is 620. The van der Waals surface area contributed by atoms with Gasteiger partial charge in [0.15, 0.2) is 0 Å². The van der Waals surface area contributed by atoms with Crippen molar-refractivity contribution in [2.24, 2.45) is 0 Å². The first-order valence-corrected chi connectivity index (χ1v) is 6.30. The number of nitrogens with zero attached hydrogens (tertiary/aromatic N) is 2. The zero-order chi connectivity index (χ0) is 14.5. The number of hydrogen-bond acceptors (Lipinski definition) is 3. The summed E-state index contributed by atoms with van der Waals surface area (Å²) in [6, 6.07) is 4.85. The van der Waals surface area contributed by atoms with Gasteiger partial charge in [0.25, 0.3) is 5.91 Å². The van der Waals surface area contributed by atoms with E-state index in [4.69, 9.17) is 0 Å². The van der Waals surface area contributed by atoms with E-state index in [1.807, 2.05) is 13.8 Å². The Morgan fingerprint density at radius 3 is 2.75 bits per heavy atom. The maximum absolute atomic E-state index is 11.9. The fourth-order valence-corrected chi connectivity index (χ4v) is 1.77. The van der Waals surface area contributed by atoms with Crippen molar-refractivity contribution in [2.45, 2.75) is 13.8 Å². The minimum atomic E-state index is -0.295. The smallest absolute Gasteiger partial charge is 0.331 e. The van der Waals surface area contributed by atoms with Crippen LogP contribution in [0.25, 0.3) is 0 Å². The normalized spacial score (nSPS) is 10.1. The van der Waals surface area contributed by atoms with Crippen molar-refractivity contribution in [1.29, 1.82) is 0 Å². The molecule has 0 saturated carbocycles. The van der Waals surface area contributed by atoms with Gasteiger partial charge in [0.2, 0.25) is 0 Å². The maximum atomic E-state index is 11.9. The summed E-state index contributed by atoms with van der Waals surface area (Å²) in [5, 5.41) is 5.50. The van der Waals surface area contributed by atoms with Crippen molar-refractivity contribution >= 4 is 17.6 Å². The number of anilines is 1. The molecule has 1 aromatic heterocycles. The first kappa shape index (κ1) is 13.8. The summed E-state index contributed by atoms with van der Waals surface area (Å²) in [7, 11) is 0. The van der Waals surface area contributed by atoms with Crippen LogP contribution in [0.3, 0.4) is 0 Å². The number of aryl methyl sites for hydroxylation is 1. The Morgan fingerprint density at radius 2 is 2.15 bits per heavy atom. The van der Waals surface area contributed by atoms with Gasteiger partial charge in [-0.3, -0.25) is 9.36 Å². The number of hydrogen-bond donors (Lipinski definition) is 2. The fraction of sp³-hybridized carbons (Fsp3) is 0.214. The molecule has 6 heteroatoms. The van der Waals surface area contributed by atoms with E-state index in [0.717, 1.165) is 5.56 Å². The molecule has 0 atom stereocenters. The minimum Gasteiger partial charge on any atom is -0.352 e. The van der Waals surface area contributed by atoms with Crippen LogP contribution in [0.4, 0.5) is 10.5 Å². The zero-order valence-electron chi connectivity index (χ0n) is 11.4. The molecule has 0 radical (unpaired) electrons. The fourth-order valence-electron chi connectivity index (χ4n) is 1.77. The van der Waals surface area contributed by atoms with Gasteiger partial charge in [0.1, 0.15) is 6.33 Å². The molecular formula is C14H16N4O2. The first-order valence-electron chi connectivity index (χ1n) is 6.30. The lowest BCUT2D eigenvalue weighted by molar-refractivity contribution is 0.0955. The molecule has 1 aromatic carbocycles. The van der Waals surface area contributed by atoms with Crippen LogP contribution >= 0.6 is 0 Å². The molecule has 0 aliphatic rings. The van der Waals surface area contributed by atoms with Crippen LogP contribution in [-0.2, 0) is 0 Å². The Hall–Kier alpha value is -2.63. The number of carbonyl (C=O) groups excluding carboxylic acids is 2. The number of nitrogens with one attached hydrogen (secondary N) is 2. The Labute approximate surface area is 116 Å². The van der Waals surface area contributed by atoms with Gasteiger partial charge in [-0.2, -0.15) is 0 Å². The highest BCUT2D eigenvalue weighted by Crippen LogP contribution is 2.17. The monoisotopic (exact) mass is 272 g/mol. The molecular weight excluding hydrogens is 256 g/mol. The van der Waals surface area contributed by atoms with Crippen molar-refractivity contribution < 1.29 is 9.59 Å². The number of rotatable bonds is 3. The van der Waals surface area contributed by atoms with Crippen LogP contribution in [0.1, 0.15) is 22.8 Å². The van der Waals surface area contributed by atoms with Crippen LogP contribution < -0.4 is 10.6 Å². The second-order valence-corrected chi connectivity index (χ2v) is 4.29. The maximum Gasteiger partial charge on any atom is 0.331 e. The molecule has 0 bridgehead atoms. The van der Waals surface area contributed by atoms with E-state index in [1.165, 1.54) is 17.1 Å². The second kappa shape index (κ2) is 6.01. The van der Waals surface area contributed by atoms with Gasteiger partial charge in [-0.05, 0) is 37.6 Å². The Morgan fingerprint density at radius 1 is 1.35 bits per heavy atom. The highest BCUT2D eigenvalue weighted by molar-refractivity contribution is 5.96. The first-order chi connectivity index (χ1) is 9.61. The van der Waals surface area contributed by atoms with E-state index in [0.29, 0.717) is 17.8 Å². The molecule has 2 amide bonds. The minimum absolute atomic E-state index is 0.122. The molecule has 0 aliphatic carbocycles. The molecule has 0 saturated heterocycles. The summed E-state index contributed by atoms with van der Waals surface area (Å²) in [6.07, 6.45) is 4.52. The molecule has 1 heterocycles. The van der Waals surface area contributed by atoms with Crippen LogP contribution in [-0.4, -0.2) is 28.0 Å². The lowest BCUT2D eigenvalue weighted by Gasteiger charge is -2.10. The third-order valence-electron chi connectivity index (χ3n) is 2.81. The average molecular weight is 272 g/mol. The predicted molar refractivity (Wildman–Crippen MR) is 75.8 cm³/mol. The average Bonchev–Trinajstić information content (AvgIpc) is 2.95. The number of imidazole rings is 1. The van der Waals surface area contributed by atoms with Crippen LogP contribution in [0.5, 0.6) is 0 Å². The standard InChI is InChI=1S/C14H16N4O2/c1-3-16-13(19)11-4-5-12(10(2)8-11)17-14(20)18-7-6-15-9-18/h4-9H,3H2,1-2H3,(H,16,19)(H,17,20). The van der Waals surface area contributed by atoms with Gasteiger partial charge >= 0.3 is 6.03 Å². The van der Waals surface area contributed by atoms with Crippen molar-refractivity contribution in [3.05, 3.63) is 48.0 Å². The molecule has 104 valence electrons. The molecule has 20 heavy (non-hydrogen) atoms. The number of aromatic nitrogens is 2. The van der Waals surface area contributed by atoms with E-state index in [1.54, 1.807) is 24.4 Å². The molecule has 0 unspecified atom stereocenters.